The molecule has 0 spiro atoms. The van der Waals surface area contributed by atoms with E-state index in [2.05, 4.69) is 9.72 Å². The lowest BCUT2D eigenvalue weighted by molar-refractivity contribution is -0.274. The molecule has 2 aromatic heterocycles. The molecule has 0 aliphatic carbocycles. The molecule has 0 unspecified atom stereocenters. The van der Waals surface area contributed by atoms with Crippen molar-refractivity contribution in [2.75, 3.05) is 0 Å². The van der Waals surface area contributed by atoms with Crippen molar-refractivity contribution in [1.82, 2.24) is 9.55 Å². The van der Waals surface area contributed by atoms with Crippen molar-refractivity contribution >= 4 is 17.0 Å². The number of nitrogens with zero attached hydrogens (tertiary/aromatic N) is 2. The molecule has 0 saturated carbocycles. The molecule has 3 rings (SSSR count). The minimum Gasteiger partial charge on any atom is -0.478 e. The Morgan fingerprint density at radius 2 is 2.00 bits per heavy atom. The van der Waals surface area contributed by atoms with Crippen LogP contribution < -0.4 is 4.74 Å². The van der Waals surface area contributed by atoms with Gasteiger partial charge in [0.25, 0.3) is 0 Å². The lowest BCUT2D eigenvalue weighted by atomic mass is 10.2. The number of pyridine rings is 1. The Morgan fingerprint density at radius 1 is 1.22 bits per heavy atom. The van der Waals surface area contributed by atoms with Crippen LogP contribution in [0.25, 0.3) is 16.7 Å². The number of benzene rings is 1. The zero-order chi connectivity index (χ0) is 16.6. The van der Waals surface area contributed by atoms with E-state index in [4.69, 9.17) is 5.11 Å². The van der Waals surface area contributed by atoms with Crippen molar-refractivity contribution in [3.63, 3.8) is 0 Å². The SMILES string of the molecule is O=C(O)c1ccnc2c1ccn2-c1cccc(OC(F)(F)F)c1. The number of halogens is 3. The standard InChI is InChI=1S/C15H9F3N2O3/c16-15(17,18)23-10-3-1-2-9(8-10)20-7-5-11-12(14(21)22)4-6-19-13(11)20/h1-8H,(H,21,22). The molecule has 1 aromatic carbocycles. The van der Waals surface area contributed by atoms with E-state index < -0.39 is 12.3 Å². The molecule has 0 aliphatic rings. The highest BCUT2D eigenvalue weighted by atomic mass is 19.4. The van der Waals surface area contributed by atoms with Gasteiger partial charge in [-0.15, -0.1) is 13.2 Å². The molecule has 2 heterocycles. The summed E-state index contributed by atoms with van der Waals surface area (Å²) < 4.78 is 42.3. The van der Waals surface area contributed by atoms with Crippen LogP contribution in [0.3, 0.4) is 0 Å². The highest BCUT2D eigenvalue weighted by molar-refractivity contribution is 6.02. The third-order valence-electron chi connectivity index (χ3n) is 3.15. The van der Waals surface area contributed by atoms with Crippen molar-refractivity contribution in [2.45, 2.75) is 6.36 Å². The summed E-state index contributed by atoms with van der Waals surface area (Å²) in [5, 5.41) is 9.54. The number of hydrogen-bond acceptors (Lipinski definition) is 3. The molecule has 0 saturated heterocycles. The average Bonchev–Trinajstić information content (AvgIpc) is 2.89. The van der Waals surface area contributed by atoms with E-state index in [1.54, 1.807) is 12.1 Å². The Labute approximate surface area is 127 Å². The van der Waals surface area contributed by atoms with Crippen molar-refractivity contribution in [2.24, 2.45) is 0 Å². The fourth-order valence-corrected chi connectivity index (χ4v) is 2.26. The van der Waals surface area contributed by atoms with E-state index in [9.17, 15) is 18.0 Å². The van der Waals surface area contributed by atoms with Gasteiger partial charge in [0.1, 0.15) is 11.4 Å². The predicted octanol–water partition coefficient (Wildman–Crippen LogP) is 3.62. The maximum atomic E-state index is 12.3. The summed E-state index contributed by atoms with van der Waals surface area (Å²) in [6.07, 6.45) is -1.92. The molecule has 0 fully saturated rings. The number of hydrogen-bond donors (Lipinski definition) is 1. The summed E-state index contributed by atoms with van der Waals surface area (Å²) in [7, 11) is 0. The molecule has 118 valence electrons. The van der Waals surface area contributed by atoms with E-state index >= 15 is 0 Å². The van der Waals surface area contributed by atoms with Gasteiger partial charge in [-0.25, -0.2) is 9.78 Å². The van der Waals surface area contributed by atoms with Gasteiger partial charge in [-0.05, 0) is 24.3 Å². The molecule has 0 radical (unpaired) electrons. The molecule has 0 amide bonds. The fraction of sp³-hybridized carbons (Fsp3) is 0.0667. The van der Waals surface area contributed by atoms with Gasteiger partial charge in [0, 0.05) is 23.8 Å². The first-order valence-electron chi connectivity index (χ1n) is 6.41. The largest absolute Gasteiger partial charge is 0.573 e. The lowest BCUT2D eigenvalue weighted by Crippen LogP contribution is -2.17. The summed E-state index contributed by atoms with van der Waals surface area (Å²) in [5.74, 6) is -1.48. The number of aromatic nitrogens is 2. The first-order valence-corrected chi connectivity index (χ1v) is 6.41. The topological polar surface area (TPSA) is 64.3 Å². The summed E-state index contributed by atoms with van der Waals surface area (Å²) in [6.45, 7) is 0. The van der Waals surface area contributed by atoms with Crippen LogP contribution in [0.4, 0.5) is 13.2 Å². The Balaban J connectivity index is 2.09. The van der Waals surface area contributed by atoms with E-state index in [0.717, 1.165) is 0 Å². The van der Waals surface area contributed by atoms with E-state index in [1.807, 2.05) is 0 Å². The van der Waals surface area contributed by atoms with Crippen LogP contribution in [0.15, 0.2) is 48.8 Å². The minimum absolute atomic E-state index is 0.0662. The summed E-state index contributed by atoms with van der Waals surface area (Å²) in [4.78, 5) is 15.3. The zero-order valence-corrected chi connectivity index (χ0v) is 11.4. The molecule has 0 bridgehead atoms. The first kappa shape index (κ1) is 14.9. The molecule has 0 aliphatic heterocycles. The van der Waals surface area contributed by atoms with Crippen LogP contribution >= 0.6 is 0 Å². The highest BCUT2D eigenvalue weighted by Crippen LogP contribution is 2.27. The van der Waals surface area contributed by atoms with Crippen molar-refractivity contribution in [3.05, 3.63) is 54.4 Å². The van der Waals surface area contributed by atoms with Crippen LogP contribution in [0.2, 0.25) is 0 Å². The maximum absolute atomic E-state index is 12.3. The summed E-state index contributed by atoms with van der Waals surface area (Å²) in [6, 6.07) is 8.25. The summed E-state index contributed by atoms with van der Waals surface area (Å²) in [5.41, 5.74) is 0.766. The number of carboxylic acids is 1. The molecule has 5 nitrogen and oxygen atoms in total. The molecule has 1 N–H and O–H groups in total. The molecule has 3 aromatic rings. The second-order valence-corrected chi connectivity index (χ2v) is 4.63. The molecule has 0 atom stereocenters. The van der Waals surface area contributed by atoms with Crippen LogP contribution in [-0.4, -0.2) is 27.0 Å². The number of ether oxygens (including phenoxy) is 1. The van der Waals surface area contributed by atoms with Gasteiger partial charge in [0.2, 0.25) is 0 Å². The third-order valence-corrected chi connectivity index (χ3v) is 3.15. The Morgan fingerprint density at radius 3 is 2.70 bits per heavy atom. The van der Waals surface area contributed by atoms with Gasteiger partial charge < -0.3 is 14.4 Å². The van der Waals surface area contributed by atoms with Crippen molar-refractivity contribution in [1.29, 1.82) is 0 Å². The molecular formula is C15H9F3N2O3. The minimum atomic E-state index is -4.79. The third kappa shape index (κ3) is 2.96. The predicted molar refractivity (Wildman–Crippen MR) is 74.7 cm³/mol. The number of aromatic carboxylic acids is 1. The van der Waals surface area contributed by atoms with E-state index in [0.29, 0.717) is 16.7 Å². The monoisotopic (exact) mass is 322 g/mol. The maximum Gasteiger partial charge on any atom is 0.573 e. The van der Waals surface area contributed by atoms with Gasteiger partial charge in [-0.2, -0.15) is 0 Å². The number of carbonyl (C=O) groups is 1. The summed E-state index contributed by atoms with van der Waals surface area (Å²) >= 11 is 0. The van der Waals surface area contributed by atoms with Gasteiger partial charge in [0.05, 0.1) is 11.3 Å². The van der Waals surface area contributed by atoms with Crippen LogP contribution in [0, 0.1) is 0 Å². The van der Waals surface area contributed by atoms with E-state index in [-0.39, 0.29) is 11.3 Å². The normalized spacial score (nSPS) is 11.6. The fourth-order valence-electron chi connectivity index (χ4n) is 2.26. The Bertz CT molecular complexity index is 887. The van der Waals surface area contributed by atoms with Gasteiger partial charge >= 0.3 is 12.3 Å². The van der Waals surface area contributed by atoms with Gasteiger partial charge in [-0.1, -0.05) is 6.07 Å². The molecular weight excluding hydrogens is 313 g/mol. The van der Waals surface area contributed by atoms with E-state index in [1.165, 1.54) is 41.2 Å². The number of alkyl halides is 3. The van der Waals surface area contributed by atoms with Crippen molar-refractivity contribution < 1.29 is 27.8 Å². The van der Waals surface area contributed by atoms with Crippen LogP contribution in [-0.2, 0) is 0 Å². The second-order valence-electron chi connectivity index (χ2n) is 4.63. The average molecular weight is 322 g/mol. The van der Waals surface area contributed by atoms with Gasteiger partial charge in [-0.3, -0.25) is 0 Å². The Hall–Kier alpha value is -3.03. The van der Waals surface area contributed by atoms with Gasteiger partial charge in [0.15, 0.2) is 0 Å². The molecule has 23 heavy (non-hydrogen) atoms. The quantitative estimate of drug-likeness (QED) is 0.800. The second kappa shape index (κ2) is 5.31. The first-order chi connectivity index (χ1) is 10.8. The number of carboxylic acid groups (broad SMARTS) is 1. The van der Waals surface area contributed by atoms with Crippen molar-refractivity contribution in [3.8, 4) is 11.4 Å². The zero-order valence-electron chi connectivity index (χ0n) is 11.4. The molecule has 8 heteroatoms. The smallest absolute Gasteiger partial charge is 0.478 e. The van der Waals surface area contributed by atoms with Crippen LogP contribution in [0.1, 0.15) is 10.4 Å². The highest BCUT2D eigenvalue weighted by Gasteiger charge is 2.31. The lowest BCUT2D eigenvalue weighted by Gasteiger charge is -2.11. The Kier molecular flexibility index (Phi) is 3.44. The number of fused-ring (bicyclic) bond motifs is 1. The van der Waals surface area contributed by atoms with Crippen LogP contribution in [0.5, 0.6) is 5.75 Å². The number of rotatable bonds is 3.